The van der Waals surface area contributed by atoms with Crippen molar-refractivity contribution in [1.82, 2.24) is 4.90 Å². The Kier molecular flexibility index (Phi) is 3.71. The Morgan fingerprint density at radius 2 is 1.94 bits per heavy atom. The summed E-state index contributed by atoms with van der Waals surface area (Å²) in [6.07, 6.45) is 0. The fourth-order valence-corrected chi connectivity index (χ4v) is 2.78. The minimum Gasteiger partial charge on any atom is -0.329 e. The van der Waals surface area contributed by atoms with Crippen molar-refractivity contribution in [3.05, 3.63) is 34.9 Å². The number of imide groups is 1. The molecular weight excluding hydrogens is 260 g/mol. The summed E-state index contributed by atoms with van der Waals surface area (Å²) < 4.78 is 0. The molecule has 1 aromatic carbocycles. The average Bonchev–Trinajstić information content (AvgIpc) is 2.59. The molecule has 1 heterocycles. The normalized spacial score (nSPS) is 20.1. The van der Waals surface area contributed by atoms with E-state index in [1.165, 1.54) is 4.90 Å². The third-order valence-corrected chi connectivity index (χ3v) is 3.84. The molecule has 4 nitrogen and oxygen atoms in total. The molecule has 2 rings (SSSR count). The van der Waals surface area contributed by atoms with Gasteiger partial charge in [-0.1, -0.05) is 23.7 Å². The molecule has 90 valence electrons. The van der Waals surface area contributed by atoms with Crippen LogP contribution < -0.4 is 5.73 Å². The van der Waals surface area contributed by atoms with Gasteiger partial charge in [0.2, 0.25) is 5.91 Å². The Balaban J connectivity index is 2.21. The lowest BCUT2D eigenvalue weighted by Gasteiger charge is -2.12. The van der Waals surface area contributed by atoms with Crippen molar-refractivity contribution < 1.29 is 9.59 Å². The molecule has 0 bridgehead atoms. The Morgan fingerprint density at radius 3 is 2.53 bits per heavy atom. The maximum atomic E-state index is 12.0. The summed E-state index contributed by atoms with van der Waals surface area (Å²) in [5.74, 6) is -0.201. The highest BCUT2D eigenvalue weighted by molar-refractivity contribution is 8.14. The van der Waals surface area contributed by atoms with Crippen molar-refractivity contribution in [3.8, 4) is 0 Å². The predicted molar refractivity (Wildman–Crippen MR) is 67.9 cm³/mol. The van der Waals surface area contributed by atoms with Gasteiger partial charge in [0.15, 0.2) is 0 Å². The van der Waals surface area contributed by atoms with Crippen molar-refractivity contribution in [2.75, 3.05) is 13.1 Å². The molecule has 2 amide bonds. The van der Waals surface area contributed by atoms with Gasteiger partial charge in [-0.05, 0) is 29.5 Å². The molecule has 6 heteroatoms. The fraction of sp³-hybridized carbons (Fsp3) is 0.273. The zero-order valence-corrected chi connectivity index (χ0v) is 10.5. The fourth-order valence-electron chi connectivity index (χ4n) is 1.63. The molecule has 0 aliphatic carbocycles. The number of halogens is 1. The molecular formula is C11H11ClN2O2S. The summed E-state index contributed by atoms with van der Waals surface area (Å²) in [6.45, 7) is 0.556. The number of benzene rings is 1. The Morgan fingerprint density at radius 1 is 1.29 bits per heavy atom. The van der Waals surface area contributed by atoms with Crippen molar-refractivity contribution in [3.63, 3.8) is 0 Å². The summed E-state index contributed by atoms with van der Waals surface area (Å²) >= 11 is 6.80. The first-order valence-corrected chi connectivity index (χ1v) is 6.37. The molecule has 0 unspecified atom stereocenters. The van der Waals surface area contributed by atoms with Crippen molar-refractivity contribution in [2.24, 2.45) is 5.73 Å². The van der Waals surface area contributed by atoms with Crippen LogP contribution in [0.25, 0.3) is 0 Å². The molecule has 1 aliphatic heterocycles. The highest BCUT2D eigenvalue weighted by atomic mass is 35.5. The summed E-state index contributed by atoms with van der Waals surface area (Å²) in [4.78, 5) is 24.8. The summed E-state index contributed by atoms with van der Waals surface area (Å²) in [5, 5.41) is -0.0962. The zero-order valence-electron chi connectivity index (χ0n) is 8.93. The largest absolute Gasteiger partial charge is 0.329 e. The van der Waals surface area contributed by atoms with Crippen LogP contribution in [-0.4, -0.2) is 29.1 Å². The van der Waals surface area contributed by atoms with Gasteiger partial charge < -0.3 is 5.73 Å². The highest BCUT2D eigenvalue weighted by Gasteiger charge is 2.39. The zero-order chi connectivity index (χ0) is 12.4. The van der Waals surface area contributed by atoms with Crippen LogP contribution in [0.4, 0.5) is 4.79 Å². The van der Waals surface area contributed by atoms with Gasteiger partial charge in [-0.2, -0.15) is 0 Å². The second-order valence-corrected chi connectivity index (χ2v) is 5.09. The van der Waals surface area contributed by atoms with Crippen LogP contribution in [0, 0.1) is 0 Å². The lowest BCUT2D eigenvalue weighted by Crippen LogP contribution is -2.34. The summed E-state index contributed by atoms with van der Waals surface area (Å²) in [5.41, 5.74) is 6.15. The lowest BCUT2D eigenvalue weighted by molar-refractivity contribution is -0.126. The van der Waals surface area contributed by atoms with E-state index in [1.807, 2.05) is 0 Å². The van der Waals surface area contributed by atoms with Crippen LogP contribution in [0.5, 0.6) is 0 Å². The van der Waals surface area contributed by atoms with Crippen molar-refractivity contribution >= 4 is 34.5 Å². The SMILES string of the molecule is NCCN1C(=O)S[C@H](c2ccc(Cl)cc2)C1=O. The molecule has 0 saturated carbocycles. The van der Waals surface area contributed by atoms with Gasteiger partial charge in [0.05, 0.1) is 0 Å². The molecule has 0 spiro atoms. The Labute approximate surface area is 108 Å². The summed E-state index contributed by atoms with van der Waals surface area (Å²) in [7, 11) is 0. The minimum absolute atomic E-state index is 0.201. The standard InChI is InChI=1S/C11H11ClN2O2S/c12-8-3-1-7(2-4-8)9-10(15)14(6-5-13)11(16)17-9/h1-4,9H,5-6,13H2/t9-/m1/s1. The van der Waals surface area contributed by atoms with Gasteiger partial charge in [0, 0.05) is 18.1 Å². The molecule has 1 saturated heterocycles. The van der Waals surface area contributed by atoms with E-state index in [0.29, 0.717) is 5.02 Å². The van der Waals surface area contributed by atoms with Gasteiger partial charge in [-0.3, -0.25) is 14.5 Å². The van der Waals surface area contributed by atoms with Crippen LogP contribution in [0.2, 0.25) is 5.02 Å². The van der Waals surface area contributed by atoms with E-state index in [-0.39, 0.29) is 24.2 Å². The number of nitrogens with zero attached hydrogens (tertiary/aromatic N) is 1. The Hall–Kier alpha value is -1.04. The topological polar surface area (TPSA) is 63.4 Å². The number of amides is 2. The van der Waals surface area contributed by atoms with Crippen molar-refractivity contribution in [1.29, 1.82) is 0 Å². The van der Waals surface area contributed by atoms with Crippen molar-refractivity contribution in [2.45, 2.75) is 5.25 Å². The predicted octanol–water partition coefficient (Wildman–Crippen LogP) is 2.04. The van der Waals surface area contributed by atoms with Gasteiger partial charge in [0.1, 0.15) is 5.25 Å². The molecule has 2 N–H and O–H groups in total. The van der Waals surface area contributed by atoms with Gasteiger partial charge >= 0.3 is 0 Å². The second-order valence-electron chi connectivity index (χ2n) is 3.59. The van der Waals surface area contributed by atoms with Gasteiger partial charge in [-0.15, -0.1) is 0 Å². The number of hydrogen-bond donors (Lipinski definition) is 1. The van der Waals surface area contributed by atoms with E-state index >= 15 is 0 Å². The first kappa shape index (κ1) is 12.4. The monoisotopic (exact) mass is 270 g/mol. The average molecular weight is 271 g/mol. The number of nitrogens with two attached hydrogens (primary N) is 1. The number of carbonyl (C=O) groups excluding carboxylic acids is 2. The summed E-state index contributed by atoms with van der Waals surface area (Å²) in [6, 6.07) is 6.94. The molecule has 17 heavy (non-hydrogen) atoms. The van der Waals surface area contributed by atoms with Crippen LogP contribution in [0.15, 0.2) is 24.3 Å². The van der Waals surface area contributed by atoms with Crippen LogP contribution in [-0.2, 0) is 4.79 Å². The lowest BCUT2D eigenvalue weighted by atomic mass is 10.1. The van der Waals surface area contributed by atoms with E-state index in [1.54, 1.807) is 24.3 Å². The van der Waals surface area contributed by atoms with Gasteiger partial charge in [0.25, 0.3) is 5.24 Å². The quantitative estimate of drug-likeness (QED) is 0.913. The first-order valence-electron chi connectivity index (χ1n) is 5.11. The van der Waals surface area contributed by atoms with E-state index in [2.05, 4.69) is 0 Å². The van der Waals surface area contributed by atoms with Crippen LogP contribution in [0.3, 0.4) is 0 Å². The first-order chi connectivity index (χ1) is 8.13. The highest BCUT2D eigenvalue weighted by Crippen LogP contribution is 2.39. The van der Waals surface area contributed by atoms with E-state index in [9.17, 15) is 9.59 Å². The molecule has 1 aliphatic rings. The maximum Gasteiger partial charge on any atom is 0.289 e. The van der Waals surface area contributed by atoms with E-state index in [0.717, 1.165) is 17.3 Å². The maximum absolute atomic E-state index is 12.0. The van der Waals surface area contributed by atoms with Gasteiger partial charge in [-0.25, -0.2) is 0 Å². The van der Waals surface area contributed by atoms with Crippen LogP contribution >= 0.6 is 23.4 Å². The second kappa shape index (κ2) is 5.08. The number of rotatable bonds is 3. The minimum atomic E-state index is -0.466. The van der Waals surface area contributed by atoms with E-state index in [4.69, 9.17) is 17.3 Å². The molecule has 1 aromatic rings. The third kappa shape index (κ3) is 2.46. The van der Waals surface area contributed by atoms with Crippen LogP contribution in [0.1, 0.15) is 10.8 Å². The molecule has 0 radical (unpaired) electrons. The number of carbonyl (C=O) groups is 2. The molecule has 0 aromatic heterocycles. The third-order valence-electron chi connectivity index (χ3n) is 2.45. The Bertz CT molecular complexity index is 449. The number of hydrogen-bond acceptors (Lipinski definition) is 4. The number of thioether (sulfide) groups is 1. The molecule has 1 fully saturated rings. The molecule has 1 atom stereocenters. The smallest absolute Gasteiger partial charge is 0.289 e. The van der Waals surface area contributed by atoms with E-state index < -0.39 is 5.25 Å².